The highest BCUT2D eigenvalue weighted by Gasteiger charge is 2.19. The van der Waals surface area contributed by atoms with Gasteiger partial charge in [0, 0.05) is 25.7 Å². The minimum Gasteiger partial charge on any atom is -0.377 e. The Morgan fingerprint density at radius 2 is 2.13 bits per heavy atom. The van der Waals surface area contributed by atoms with Crippen LogP contribution in [0, 0.1) is 0 Å². The number of rotatable bonds is 4. The maximum Gasteiger partial charge on any atom is 0.0700 e. The summed E-state index contributed by atoms with van der Waals surface area (Å²) in [6.45, 7) is 4.42. The first-order valence-corrected chi connectivity index (χ1v) is 6.39. The molecule has 2 heterocycles. The number of likely N-dealkylation sites (N-methyl/N-ethyl adjacent to an activating group) is 1. The normalized spacial score (nSPS) is 33.4. The SMILES string of the molecule is CN1CCCCC1CNCC1CCCO1. The molecular formula is C12H24N2O. The van der Waals surface area contributed by atoms with E-state index in [1.54, 1.807) is 0 Å². The molecule has 2 atom stereocenters. The molecule has 0 spiro atoms. The molecule has 15 heavy (non-hydrogen) atoms. The average molecular weight is 212 g/mol. The summed E-state index contributed by atoms with van der Waals surface area (Å²) in [4.78, 5) is 2.49. The van der Waals surface area contributed by atoms with Crippen molar-refractivity contribution in [2.45, 2.75) is 44.2 Å². The number of ether oxygens (including phenoxy) is 1. The molecule has 2 aliphatic heterocycles. The van der Waals surface area contributed by atoms with Gasteiger partial charge in [-0.2, -0.15) is 0 Å². The van der Waals surface area contributed by atoms with Crippen molar-refractivity contribution in [3.05, 3.63) is 0 Å². The maximum atomic E-state index is 5.59. The minimum absolute atomic E-state index is 0.485. The summed E-state index contributed by atoms with van der Waals surface area (Å²) in [5.41, 5.74) is 0. The molecule has 0 aromatic heterocycles. The van der Waals surface area contributed by atoms with Gasteiger partial charge < -0.3 is 15.0 Å². The van der Waals surface area contributed by atoms with Crippen LogP contribution in [0.1, 0.15) is 32.1 Å². The van der Waals surface area contributed by atoms with E-state index in [1.807, 2.05) is 0 Å². The van der Waals surface area contributed by atoms with E-state index in [9.17, 15) is 0 Å². The second kappa shape index (κ2) is 5.83. The Balaban J connectivity index is 1.59. The molecule has 3 heteroatoms. The molecule has 2 saturated heterocycles. The van der Waals surface area contributed by atoms with Crippen molar-refractivity contribution in [2.24, 2.45) is 0 Å². The number of hydrogen-bond acceptors (Lipinski definition) is 3. The summed E-state index contributed by atoms with van der Waals surface area (Å²) >= 11 is 0. The molecule has 3 nitrogen and oxygen atoms in total. The highest BCUT2D eigenvalue weighted by Crippen LogP contribution is 2.14. The molecule has 1 N–H and O–H groups in total. The number of nitrogens with one attached hydrogen (secondary N) is 1. The molecule has 0 aliphatic carbocycles. The van der Waals surface area contributed by atoms with Crippen LogP contribution in [0.3, 0.4) is 0 Å². The van der Waals surface area contributed by atoms with E-state index in [-0.39, 0.29) is 0 Å². The Morgan fingerprint density at radius 1 is 1.20 bits per heavy atom. The van der Waals surface area contributed by atoms with E-state index >= 15 is 0 Å². The Labute approximate surface area is 93.2 Å². The lowest BCUT2D eigenvalue weighted by Gasteiger charge is -2.32. The van der Waals surface area contributed by atoms with Crippen LogP contribution in [0.2, 0.25) is 0 Å². The smallest absolute Gasteiger partial charge is 0.0700 e. The third-order valence-electron chi connectivity index (χ3n) is 3.70. The van der Waals surface area contributed by atoms with Crippen molar-refractivity contribution >= 4 is 0 Å². The first-order chi connectivity index (χ1) is 7.36. The molecule has 0 saturated carbocycles. The van der Waals surface area contributed by atoms with Crippen LogP contribution in [0.25, 0.3) is 0 Å². The second-order valence-corrected chi connectivity index (χ2v) is 4.92. The van der Waals surface area contributed by atoms with Crippen molar-refractivity contribution < 1.29 is 4.74 Å². The van der Waals surface area contributed by atoms with Crippen LogP contribution in [-0.4, -0.2) is 50.3 Å². The molecule has 2 fully saturated rings. The minimum atomic E-state index is 0.485. The topological polar surface area (TPSA) is 24.5 Å². The van der Waals surface area contributed by atoms with Gasteiger partial charge in [-0.1, -0.05) is 6.42 Å². The third kappa shape index (κ3) is 3.44. The summed E-state index contributed by atoms with van der Waals surface area (Å²) in [6.07, 6.45) is 7.10. The van der Waals surface area contributed by atoms with Crippen LogP contribution >= 0.6 is 0 Å². The van der Waals surface area contributed by atoms with Gasteiger partial charge in [-0.3, -0.25) is 0 Å². The lowest BCUT2D eigenvalue weighted by atomic mass is 10.0. The molecule has 0 amide bonds. The fourth-order valence-corrected chi connectivity index (χ4v) is 2.62. The van der Waals surface area contributed by atoms with Crippen molar-refractivity contribution in [3.63, 3.8) is 0 Å². The fourth-order valence-electron chi connectivity index (χ4n) is 2.62. The van der Waals surface area contributed by atoms with Gasteiger partial charge >= 0.3 is 0 Å². The zero-order chi connectivity index (χ0) is 10.5. The van der Waals surface area contributed by atoms with Crippen LogP contribution < -0.4 is 5.32 Å². The van der Waals surface area contributed by atoms with Crippen molar-refractivity contribution in [3.8, 4) is 0 Å². The molecule has 2 unspecified atom stereocenters. The number of nitrogens with zero attached hydrogens (tertiary/aromatic N) is 1. The highest BCUT2D eigenvalue weighted by molar-refractivity contribution is 4.77. The maximum absolute atomic E-state index is 5.59. The Kier molecular flexibility index (Phi) is 4.42. The molecular weight excluding hydrogens is 188 g/mol. The van der Waals surface area contributed by atoms with Crippen LogP contribution in [-0.2, 0) is 4.74 Å². The predicted molar refractivity (Wildman–Crippen MR) is 62.1 cm³/mol. The molecule has 88 valence electrons. The summed E-state index contributed by atoms with van der Waals surface area (Å²) in [5.74, 6) is 0. The first kappa shape index (κ1) is 11.4. The molecule has 2 aliphatic rings. The van der Waals surface area contributed by atoms with E-state index in [4.69, 9.17) is 4.74 Å². The van der Waals surface area contributed by atoms with Gasteiger partial charge in [0.15, 0.2) is 0 Å². The van der Waals surface area contributed by atoms with Gasteiger partial charge in [-0.15, -0.1) is 0 Å². The standard InChI is InChI=1S/C12H24N2O/c1-14-7-3-2-5-11(14)9-13-10-12-6-4-8-15-12/h11-13H,2-10H2,1H3. The van der Waals surface area contributed by atoms with Gasteiger partial charge in [0.25, 0.3) is 0 Å². The monoisotopic (exact) mass is 212 g/mol. The van der Waals surface area contributed by atoms with Crippen LogP contribution in [0.5, 0.6) is 0 Å². The lowest BCUT2D eigenvalue weighted by Crippen LogP contribution is -2.44. The van der Waals surface area contributed by atoms with Crippen molar-refractivity contribution in [1.82, 2.24) is 10.2 Å². The highest BCUT2D eigenvalue weighted by atomic mass is 16.5. The molecule has 0 aromatic rings. The predicted octanol–water partition coefficient (Wildman–Crippen LogP) is 1.24. The lowest BCUT2D eigenvalue weighted by molar-refractivity contribution is 0.105. The van der Waals surface area contributed by atoms with Crippen LogP contribution in [0.15, 0.2) is 0 Å². The summed E-state index contributed by atoms with van der Waals surface area (Å²) in [7, 11) is 2.25. The van der Waals surface area contributed by atoms with E-state index in [0.29, 0.717) is 6.10 Å². The number of likely N-dealkylation sites (tertiary alicyclic amines) is 1. The zero-order valence-corrected chi connectivity index (χ0v) is 9.87. The van der Waals surface area contributed by atoms with E-state index in [0.717, 1.165) is 25.7 Å². The Morgan fingerprint density at radius 3 is 2.87 bits per heavy atom. The second-order valence-electron chi connectivity index (χ2n) is 4.92. The Bertz CT molecular complexity index is 180. The average Bonchev–Trinajstić information content (AvgIpc) is 2.74. The quantitative estimate of drug-likeness (QED) is 0.759. The summed E-state index contributed by atoms with van der Waals surface area (Å²) < 4.78 is 5.59. The molecule has 2 rings (SSSR count). The van der Waals surface area contributed by atoms with Gasteiger partial charge in [0.05, 0.1) is 6.10 Å². The fraction of sp³-hybridized carbons (Fsp3) is 1.00. The van der Waals surface area contributed by atoms with E-state index in [2.05, 4.69) is 17.3 Å². The number of hydrogen-bond donors (Lipinski definition) is 1. The van der Waals surface area contributed by atoms with E-state index < -0.39 is 0 Å². The molecule has 0 aromatic carbocycles. The van der Waals surface area contributed by atoms with Gasteiger partial charge in [-0.05, 0) is 39.3 Å². The third-order valence-corrected chi connectivity index (χ3v) is 3.70. The first-order valence-electron chi connectivity index (χ1n) is 6.39. The number of piperidine rings is 1. The summed E-state index contributed by atoms with van der Waals surface area (Å²) in [5, 5.41) is 3.56. The van der Waals surface area contributed by atoms with Gasteiger partial charge in [0.2, 0.25) is 0 Å². The molecule has 0 bridgehead atoms. The van der Waals surface area contributed by atoms with Crippen LogP contribution in [0.4, 0.5) is 0 Å². The summed E-state index contributed by atoms with van der Waals surface area (Å²) in [6, 6.07) is 0.750. The van der Waals surface area contributed by atoms with Crippen molar-refractivity contribution in [2.75, 3.05) is 33.3 Å². The molecule has 0 radical (unpaired) electrons. The van der Waals surface area contributed by atoms with Gasteiger partial charge in [-0.25, -0.2) is 0 Å². The van der Waals surface area contributed by atoms with Gasteiger partial charge in [0.1, 0.15) is 0 Å². The van der Waals surface area contributed by atoms with E-state index in [1.165, 1.54) is 38.6 Å². The Hall–Kier alpha value is -0.120. The largest absolute Gasteiger partial charge is 0.377 e. The van der Waals surface area contributed by atoms with Crippen molar-refractivity contribution in [1.29, 1.82) is 0 Å². The zero-order valence-electron chi connectivity index (χ0n) is 9.87.